The van der Waals surface area contributed by atoms with E-state index in [1.807, 2.05) is 0 Å². The number of hydrogen-bond acceptors (Lipinski definition) is 4. The molecule has 1 heterocycles. The molecule has 0 aliphatic rings. The van der Waals surface area contributed by atoms with E-state index in [4.69, 9.17) is 0 Å². The predicted octanol–water partition coefficient (Wildman–Crippen LogP) is 1.02. The average Bonchev–Trinajstić information content (AvgIpc) is 2.23. The van der Waals surface area contributed by atoms with Gasteiger partial charge in [0.2, 0.25) is 11.2 Å². The number of nitrogens with zero attached hydrogens (tertiary/aromatic N) is 1. The van der Waals surface area contributed by atoms with Gasteiger partial charge in [0.05, 0.1) is 23.4 Å². The van der Waals surface area contributed by atoms with E-state index in [0.29, 0.717) is 5.52 Å². The minimum absolute atomic E-state index is 0.0682. The molecule has 5 nitrogen and oxygen atoms in total. The predicted molar refractivity (Wildman–Crippen MR) is 64.6 cm³/mol. The number of fused-ring (bicyclic) bond motifs is 1. The molecule has 1 aromatic carbocycles. The molecule has 0 atom stereocenters. The van der Waals surface area contributed by atoms with Gasteiger partial charge in [-0.15, -0.1) is 0 Å². The molecule has 0 aliphatic carbocycles. The summed E-state index contributed by atoms with van der Waals surface area (Å²) in [6, 6.07) is 3.71. The van der Waals surface area contributed by atoms with Gasteiger partial charge >= 0.3 is 10.1 Å². The van der Waals surface area contributed by atoms with E-state index in [1.165, 1.54) is 22.9 Å². The summed E-state index contributed by atoms with van der Waals surface area (Å²) in [5.41, 5.74) is -0.171. The second-order valence-electron chi connectivity index (χ2n) is 3.88. The number of pyridine rings is 1. The van der Waals surface area contributed by atoms with Crippen molar-refractivity contribution in [3.8, 4) is 5.75 Å². The lowest BCUT2D eigenvalue weighted by Gasteiger charge is -2.08. The first-order chi connectivity index (χ1) is 8.28. The van der Waals surface area contributed by atoms with Gasteiger partial charge in [-0.1, -0.05) is 0 Å². The lowest BCUT2D eigenvalue weighted by molar-refractivity contribution is 0.488. The maximum absolute atomic E-state index is 13.1. The van der Waals surface area contributed by atoms with E-state index in [0.717, 1.165) is 12.3 Å². The Labute approximate surface area is 103 Å². The molecule has 0 spiro atoms. The van der Waals surface area contributed by atoms with Crippen molar-refractivity contribution in [3.63, 3.8) is 0 Å². The zero-order chi connectivity index (χ0) is 13.5. The van der Waals surface area contributed by atoms with Gasteiger partial charge in [-0.2, -0.15) is 8.42 Å². The zero-order valence-electron chi connectivity index (χ0n) is 9.68. The summed E-state index contributed by atoms with van der Waals surface area (Å²) in [6.45, 7) is 0. The molecule has 7 heteroatoms. The Balaban J connectivity index is 2.79. The second kappa shape index (κ2) is 4.09. The average molecular weight is 271 g/mol. The maximum Gasteiger partial charge on any atom is 0.306 e. The highest BCUT2D eigenvalue weighted by Gasteiger charge is 2.13. The van der Waals surface area contributed by atoms with Gasteiger partial charge in [0.25, 0.3) is 0 Å². The van der Waals surface area contributed by atoms with Crippen LogP contribution in [0.1, 0.15) is 0 Å². The lowest BCUT2D eigenvalue weighted by Crippen LogP contribution is -2.16. The maximum atomic E-state index is 13.1. The van der Waals surface area contributed by atoms with Crippen LogP contribution in [0.2, 0.25) is 0 Å². The highest BCUT2D eigenvalue weighted by Crippen LogP contribution is 2.16. The fourth-order valence-corrected chi connectivity index (χ4v) is 2.10. The van der Waals surface area contributed by atoms with Gasteiger partial charge in [-0.3, -0.25) is 4.79 Å². The van der Waals surface area contributed by atoms with Crippen LogP contribution in [0, 0.1) is 5.82 Å². The number of benzene rings is 1. The fraction of sp³-hybridized carbons (Fsp3) is 0.182. The Morgan fingerprint density at radius 3 is 2.61 bits per heavy atom. The van der Waals surface area contributed by atoms with Crippen LogP contribution in [0.25, 0.3) is 10.9 Å². The second-order valence-corrected chi connectivity index (χ2v) is 5.46. The molecule has 0 aliphatic heterocycles. The first-order valence-corrected chi connectivity index (χ1v) is 6.78. The van der Waals surface area contributed by atoms with Crippen molar-refractivity contribution in [2.24, 2.45) is 7.05 Å². The topological polar surface area (TPSA) is 65.4 Å². The number of rotatable bonds is 2. The molecule has 0 saturated heterocycles. The normalized spacial score (nSPS) is 11.7. The SMILES string of the molecule is Cn1cc(OS(C)(=O)=O)c(=O)c2cc(F)ccc21. The van der Waals surface area contributed by atoms with Crippen LogP contribution in [0.3, 0.4) is 0 Å². The first-order valence-electron chi connectivity index (χ1n) is 4.96. The van der Waals surface area contributed by atoms with Gasteiger partial charge in [-0.25, -0.2) is 4.39 Å². The standard InChI is InChI=1S/C11H10FNO4S/c1-13-6-10(17-18(2,15)16)11(14)8-5-7(12)3-4-9(8)13/h3-6H,1-2H3. The third-order valence-electron chi connectivity index (χ3n) is 2.36. The molecule has 0 N–H and O–H groups in total. The van der Waals surface area contributed by atoms with Crippen molar-refractivity contribution >= 4 is 21.0 Å². The van der Waals surface area contributed by atoms with Crippen molar-refractivity contribution in [1.82, 2.24) is 4.57 Å². The monoisotopic (exact) mass is 271 g/mol. The van der Waals surface area contributed by atoms with Crippen LogP contribution in [-0.2, 0) is 17.2 Å². The summed E-state index contributed by atoms with van der Waals surface area (Å²) in [5, 5.41) is 0.0682. The Hall–Kier alpha value is -1.89. The van der Waals surface area contributed by atoms with Gasteiger partial charge in [0.15, 0.2) is 0 Å². The quantitative estimate of drug-likeness (QED) is 0.765. The van der Waals surface area contributed by atoms with E-state index in [-0.39, 0.29) is 11.1 Å². The smallest absolute Gasteiger partial charge is 0.306 e. The number of aromatic nitrogens is 1. The van der Waals surface area contributed by atoms with Crippen LogP contribution < -0.4 is 9.61 Å². The molecular formula is C11H10FNO4S. The molecule has 1 aromatic heterocycles. The summed E-state index contributed by atoms with van der Waals surface area (Å²) in [6.07, 6.45) is 2.09. The van der Waals surface area contributed by atoms with Crippen molar-refractivity contribution < 1.29 is 17.0 Å². The van der Waals surface area contributed by atoms with Crippen LogP contribution in [0.4, 0.5) is 4.39 Å². The molecule has 0 saturated carbocycles. The summed E-state index contributed by atoms with van der Waals surface area (Å²) < 4.78 is 41.2. The summed E-state index contributed by atoms with van der Waals surface area (Å²) in [4.78, 5) is 11.9. The van der Waals surface area contributed by atoms with Crippen molar-refractivity contribution in [1.29, 1.82) is 0 Å². The third-order valence-corrected chi connectivity index (χ3v) is 2.84. The van der Waals surface area contributed by atoms with Gasteiger partial charge < -0.3 is 8.75 Å². The van der Waals surface area contributed by atoms with Gasteiger partial charge in [-0.05, 0) is 18.2 Å². The van der Waals surface area contributed by atoms with E-state index >= 15 is 0 Å². The Morgan fingerprint density at radius 1 is 1.33 bits per heavy atom. The van der Waals surface area contributed by atoms with Crippen molar-refractivity contribution in [2.75, 3.05) is 6.26 Å². The molecule has 2 aromatic rings. The van der Waals surface area contributed by atoms with Crippen LogP contribution in [-0.4, -0.2) is 19.2 Å². The lowest BCUT2D eigenvalue weighted by atomic mass is 10.2. The molecule has 0 bridgehead atoms. The molecule has 0 unspecified atom stereocenters. The molecule has 2 rings (SSSR count). The fourth-order valence-electron chi connectivity index (χ4n) is 1.66. The molecule has 18 heavy (non-hydrogen) atoms. The Morgan fingerprint density at radius 2 is 2.00 bits per heavy atom. The molecule has 0 amide bonds. The van der Waals surface area contributed by atoms with Gasteiger partial charge in [0.1, 0.15) is 5.82 Å². The number of aryl methyl sites for hydroxylation is 1. The van der Waals surface area contributed by atoms with E-state index in [2.05, 4.69) is 4.18 Å². The molecule has 0 radical (unpaired) electrons. The van der Waals surface area contributed by atoms with E-state index in [1.54, 1.807) is 7.05 Å². The van der Waals surface area contributed by atoms with Crippen molar-refractivity contribution in [3.05, 3.63) is 40.4 Å². The molecule has 0 fully saturated rings. The summed E-state index contributed by atoms with van der Waals surface area (Å²) in [7, 11) is -2.20. The zero-order valence-corrected chi connectivity index (χ0v) is 10.5. The first kappa shape index (κ1) is 12.6. The highest BCUT2D eigenvalue weighted by molar-refractivity contribution is 7.86. The van der Waals surface area contributed by atoms with Crippen LogP contribution in [0.15, 0.2) is 29.2 Å². The summed E-state index contributed by atoms with van der Waals surface area (Å²) >= 11 is 0. The van der Waals surface area contributed by atoms with Gasteiger partial charge in [0, 0.05) is 7.05 Å². The molecular weight excluding hydrogens is 261 g/mol. The number of hydrogen-bond donors (Lipinski definition) is 0. The van der Waals surface area contributed by atoms with Crippen LogP contribution in [0.5, 0.6) is 5.75 Å². The Kier molecular flexibility index (Phi) is 2.86. The van der Waals surface area contributed by atoms with E-state index in [9.17, 15) is 17.6 Å². The van der Waals surface area contributed by atoms with Crippen molar-refractivity contribution in [2.45, 2.75) is 0 Å². The third kappa shape index (κ3) is 2.35. The summed E-state index contributed by atoms with van der Waals surface area (Å²) in [5.74, 6) is -0.922. The highest BCUT2D eigenvalue weighted by atomic mass is 32.2. The molecule has 96 valence electrons. The minimum Gasteiger partial charge on any atom is -0.377 e. The van der Waals surface area contributed by atoms with Crippen LogP contribution >= 0.6 is 0 Å². The Bertz CT molecular complexity index is 779. The van der Waals surface area contributed by atoms with E-state index < -0.39 is 21.4 Å². The minimum atomic E-state index is -3.80. The number of halogens is 1. The largest absolute Gasteiger partial charge is 0.377 e.